The molecule has 0 radical (unpaired) electrons. The number of hydrogen-bond acceptors (Lipinski definition) is 9. The molecule has 0 atom stereocenters. The van der Waals surface area contributed by atoms with Crippen LogP contribution in [0.15, 0.2) is 71.1 Å². The number of rotatable bonds is 8. The number of aromatic nitrogens is 3. The molecule has 1 saturated heterocycles. The quantitative estimate of drug-likeness (QED) is 0.216. The number of hydrogen-bond donors (Lipinski definition) is 3. The molecule has 216 valence electrons. The molecule has 3 heterocycles. The van der Waals surface area contributed by atoms with E-state index in [1.165, 1.54) is 11.3 Å². The van der Waals surface area contributed by atoms with Crippen LogP contribution in [0.25, 0.3) is 11.3 Å². The molecule has 5 rings (SSSR count). The first-order valence-corrected chi connectivity index (χ1v) is 15.6. The molecule has 1 aliphatic rings. The number of likely N-dealkylation sites (tertiary alicyclic amines) is 1. The Hall–Kier alpha value is -3.61. The van der Waals surface area contributed by atoms with E-state index in [4.69, 9.17) is 0 Å². The van der Waals surface area contributed by atoms with E-state index in [0.29, 0.717) is 16.5 Å². The summed E-state index contributed by atoms with van der Waals surface area (Å²) in [6.07, 6.45) is 2.86. The summed E-state index contributed by atoms with van der Waals surface area (Å²) in [7, 11) is -1.54. The maximum absolute atomic E-state index is 14.7. The van der Waals surface area contributed by atoms with Gasteiger partial charge in [-0.15, -0.1) is 11.3 Å². The van der Waals surface area contributed by atoms with Gasteiger partial charge in [0.15, 0.2) is 16.8 Å². The normalized spacial score (nSPS) is 17.2. The van der Waals surface area contributed by atoms with E-state index < -0.39 is 15.8 Å². The number of thiazole rings is 1. The number of nitrogens with zero attached hydrogens (tertiary/aromatic N) is 4. The molecule has 2 aromatic heterocycles. The van der Waals surface area contributed by atoms with Crippen molar-refractivity contribution in [2.24, 2.45) is 0 Å². The van der Waals surface area contributed by atoms with Crippen LogP contribution < -0.4 is 15.4 Å². The largest absolute Gasteiger partial charge is 0.365 e. The van der Waals surface area contributed by atoms with E-state index in [2.05, 4.69) is 70.0 Å². The molecule has 4 aromatic rings. The van der Waals surface area contributed by atoms with Crippen molar-refractivity contribution in [1.82, 2.24) is 19.9 Å². The summed E-state index contributed by atoms with van der Waals surface area (Å²) in [5, 5.41) is 8.81. The highest BCUT2D eigenvalue weighted by Crippen LogP contribution is 2.38. The molecule has 9 nitrogen and oxygen atoms in total. The number of benzene rings is 2. The summed E-state index contributed by atoms with van der Waals surface area (Å²) < 4.78 is 42.5. The van der Waals surface area contributed by atoms with Crippen LogP contribution in [0.3, 0.4) is 0 Å². The number of halogens is 1. The van der Waals surface area contributed by atoms with Crippen LogP contribution in [0, 0.1) is 5.82 Å². The molecule has 0 spiro atoms. The van der Waals surface area contributed by atoms with Gasteiger partial charge in [-0.05, 0) is 71.8 Å². The van der Waals surface area contributed by atoms with Gasteiger partial charge in [-0.3, -0.25) is 14.9 Å². The third-order valence-electron chi connectivity index (χ3n) is 7.60. The minimum atomic E-state index is -3.67. The highest BCUT2D eigenvalue weighted by atomic mass is 32.2. The van der Waals surface area contributed by atoms with Crippen molar-refractivity contribution in [3.63, 3.8) is 0 Å². The van der Waals surface area contributed by atoms with Crippen LogP contribution in [-0.2, 0) is 10.0 Å². The van der Waals surface area contributed by atoms with Gasteiger partial charge in [-0.25, -0.2) is 22.8 Å². The summed E-state index contributed by atoms with van der Waals surface area (Å²) in [5.41, 5.74) is 1.86. The zero-order chi connectivity index (χ0) is 29.4. The highest BCUT2D eigenvalue weighted by Gasteiger charge is 2.43. The first kappa shape index (κ1) is 28.9. The van der Waals surface area contributed by atoms with Gasteiger partial charge in [-0.2, -0.15) is 4.98 Å². The molecule has 0 aliphatic carbocycles. The van der Waals surface area contributed by atoms with Crippen molar-refractivity contribution in [2.45, 2.75) is 62.6 Å². The van der Waals surface area contributed by atoms with Crippen LogP contribution in [0.2, 0.25) is 0 Å². The monoisotopic (exact) mass is 595 g/mol. The first-order valence-electron chi connectivity index (χ1n) is 13.3. The van der Waals surface area contributed by atoms with E-state index in [9.17, 15) is 12.8 Å². The number of anilines is 4. The van der Waals surface area contributed by atoms with Gasteiger partial charge in [-0.1, -0.05) is 30.3 Å². The molecule has 0 bridgehead atoms. The molecular formula is C29H34FN7O2S2. The van der Waals surface area contributed by atoms with Crippen molar-refractivity contribution in [2.75, 3.05) is 22.4 Å². The van der Waals surface area contributed by atoms with E-state index in [1.54, 1.807) is 54.6 Å². The Bertz CT molecular complexity index is 1610. The van der Waals surface area contributed by atoms with Gasteiger partial charge < -0.3 is 5.32 Å². The maximum Gasteiger partial charge on any atom is 0.261 e. The Kier molecular flexibility index (Phi) is 7.75. The minimum Gasteiger partial charge on any atom is -0.365 e. The van der Waals surface area contributed by atoms with Gasteiger partial charge >= 0.3 is 0 Å². The molecule has 0 amide bonds. The Labute approximate surface area is 244 Å². The van der Waals surface area contributed by atoms with Crippen molar-refractivity contribution in [3.8, 4) is 11.3 Å². The molecule has 12 heteroatoms. The average Bonchev–Trinajstić information content (AvgIpc) is 3.38. The molecule has 41 heavy (non-hydrogen) atoms. The fraction of sp³-hybridized carbons (Fsp3) is 0.345. The Morgan fingerprint density at radius 3 is 2.29 bits per heavy atom. The maximum atomic E-state index is 14.7. The second-order valence-electron chi connectivity index (χ2n) is 11.5. The fourth-order valence-electron chi connectivity index (χ4n) is 5.28. The zero-order valence-corrected chi connectivity index (χ0v) is 25.3. The van der Waals surface area contributed by atoms with Gasteiger partial charge in [0.1, 0.15) is 0 Å². The minimum absolute atomic E-state index is 0.0499. The number of sulfonamides is 1. The van der Waals surface area contributed by atoms with Crippen molar-refractivity contribution in [3.05, 3.63) is 72.0 Å². The smallest absolute Gasteiger partial charge is 0.261 e. The molecule has 0 saturated carbocycles. The van der Waals surface area contributed by atoms with E-state index in [0.717, 1.165) is 24.6 Å². The lowest BCUT2D eigenvalue weighted by Gasteiger charge is -2.53. The lowest BCUT2D eigenvalue weighted by atomic mass is 9.77. The Balaban J connectivity index is 1.26. The SMILES string of the molecule is CN1C(C)(C)CC(Nc2nc(Nc3nc(-c4ccc(NS(=O)(=O)c5ccccc5)cc4)cs3)ncc2F)CC1(C)C. The van der Waals surface area contributed by atoms with Crippen LogP contribution in [0.1, 0.15) is 40.5 Å². The van der Waals surface area contributed by atoms with Crippen molar-refractivity contribution in [1.29, 1.82) is 0 Å². The second-order valence-corrected chi connectivity index (χ2v) is 14.0. The molecular weight excluding hydrogens is 561 g/mol. The molecule has 1 aliphatic heterocycles. The highest BCUT2D eigenvalue weighted by molar-refractivity contribution is 7.92. The third-order valence-corrected chi connectivity index (χ3v) is 9.76. The van der Waals surface area contributed by atoms with Crippen LogP contribution in [0.5, 0.6) is 0 Å². The lowest BCUT2D eigenvalue weighted by Crippen LogP contribution is -2.61. The van der Waals surface area contributed by atoms with Crippen LogP contribution in [0.4, 0.5) is 27.0 Å². The predicted octanol–water partition coefficient (Wildman–Crippen LogP) is 6.35. The number of nitrogens with one attached hydrogen (secondary N) is 3. The predicted molar refractivity (Wildman–Crippen MR) is 163 cm³/mol. The number of piperidine rings is 1. The van der Waals surface area contributed by atoms with Gasteiger partial charge in [0, 0.05) is 33.8 Å². The standard InChI is InChI=1S/C29H34FN7O2S2/c1-28(2)15-21(16-29(3,4)37(28)5)32-25-23(30)17-31-26(34-25)35-27-33-24(18-40-27)19-11-13-20(14-12-19)36-41(38,39)22-9-7-6-8-10-22/h6-14,17-18,21,36H,15-16H2,1-5H3,(H2,31,32,33,34,35). The average molecular weight is 596 g/mol. The van der Waals surface area contributed by atoms with Gasteiger partial charge in [0.25, 0.3) is 10.0 Å². The summed E-state index contributed by atoms with van der Waals surface area (Å²) in [6, 6.07) is 15.2. The van der Waals surface area contributed by atoms with Crippen LogP contribution in [-0.4, -0.2) is 52.4 Å². The fourth-order valence-corrected chi connectivity index (χ4v) is 7.07. The first-order chi connectivity index (χ1) is 19.3. The summed E-state index contributed by atoms with van der Waals surface area (Å²) in [6.45, 7) is 8.79. The van der Waals surface area contributed by atoms with Gasteiger partial charge in [0.05, 0.1) is 16.8 Å². The van der Waals surface area contributed by atoms with E-state index in [-0.39, 0.29) is 33.8 Å². The molecule has 1 fully saturated rings. The molecule has 2 aromatic carbocycles. The second kappa shape index (κ2) is 11.0. The van der Waals surface area contributed by atoms with Gasteiger partial charge in [0.2, 0.25) is 5.95 Å². The Morgan fingerprint density at radius 1 is 0.976 bits per heavy atom. The van der Waals surface area contributed by atoms with E-state index in [1.807, 2.05) is 5.38 Å². The van der Waals surface area contributed by atoms with Crippen molar-refractivity contribution >= 4 is 43.9 Å². The van der Waals surface area contributed by atoms with Crippen LogP contribution >= 0.6 is 11.3 Å². The lowest BCUT2D eigenvalue weighted by molar-refractivity contribution is -0.00778. The van der Waals surface area contributed by atoms with Crippen molar-refractivity contribution < 1.29 is 12.8 Å². The van der Waals surface area contributed by atoms with E-state index >= 15 is 0 Å². The molecule has 0 unspecified atom stereocenters. The zero-order valence-electron chi connectivity index (χ0n) is 23.6. The summed E-state index contributed by atoms with van der Waals surface area (Å²) >= 11 is 1.36. The molecule has 3 N–H and O–H groups in total. The third kappa shape index (κ3) is 6.50. The Morgan fingerprint density at radius 2 is 1.63 bits per heavy atom. The topological polar surface area (TPSA) is 112 Å². The summed E-state index contributed by atoms with van der Waals surface area (Å²) in [5.74, 6) is -0.103. The summed E-state index contributed by atoms with van der Waals surface area (Å²) in [4.78, 5) is 15.7.